The number of carbonyl (C=O) groups is 1. The van der Waals surface area contributed by atoms with E-state index in [1.807, 2.05) is 0 Å². The monoisotopic (exact) mass is 458 g/mol. The van der Waals surface area contributed by atoms with Gasteiger partial charge in [-0.2, -0.15) is 0 Å². The minimum Gasteiger partial charge on any atom is -0.508 e. The van der Waals surface area contributed by atoms with Crippen molar-refractivity contribution in [3.05, 3.63) is 59.2 Å². The van der Waals surface area contributed by atoms with Crippen LogP contribution in [0.15, 0.2) is 42.5 Å². The molecule has 8 heteroatoms. The number of carbonyl (C=O) groups excluding carboxylic acids is 1. The molecule has 2 aromatic carbocycles. The zero-order chi connectivity index (χ0) is 24.6. The Bertz CT molecular complexity index is 1030. The summed E-state index contributed by atoms with van der Waals surface area (Å²) in [7, 11) is 0. The van der Waals surface area contributed by atoms with Crippen molar-refractivity contribution < 1.29 is 40.2 Å². The number of rotatable bonds is 8. The van der Waals surface area contributed by atoms with Crippen LogP contribution in [-0.2, 0) is 0 Å². The number of phenolic OH excluding ortho intramolecular Hbond substituents is 2. The summed E-state index contributed by atoms with van der Waals surface area (Å²) in [4.78, 5) is 12.6. The first-order valence-electron chi connectivity index (χ1n) is 10.7. The predicted octanol–water partition coefficient (Wildman–Crippen LogP) is 2.45. The van der Waals surface area contributed by atoms with Crippen LogP contribution in [0.1, 0.15) is 61.2 Å². The molecular weight excluding hydrogens is 428 g/mol. The van der Waals surface area contributed by atoms with Crippen molar-refractivity contribution in [3.63, 3.8) is 0 Å². The van der Waals surface area contributed by atoms with Crippen molar-refractivity contribution in [2.75, 3.05) is 0 Å². The van der Waals surface area contributed by atoms with Gasteiger partial charge in [-0.1, -0.05) is 18.2 Å². The number of ether oxygens (including phenoxy) is 1. The minimum absolute atomic E-state index is 0.00666. The lowest BCUT2D eigenvalue weighted by atomic mass is 9.85. The zero-order valence-electron chi connectivity index (χ0n) is 18.8. The molecule has 8 nitrogen and oxygen atoms in total. The van der Waals surface area contributed by atoms with E-state index in [0.717, 1.165) is 0 Å². The van der Waals surface area contributed by atoms with Gasteiger partial charge in [0, 0.05) is 0 Å². The van der Waals surface area contributed by atoms with Gasteiger partial charge in [0.25, 0.3) is 0 Å². The molecule has 1 aliphatic rings. The Morgan fingerprint density at radius 1 is 1.09 bits per heavy atom. The quantitative estimate of drug-likeness (QED) is 0.261. The molecule has 0 saturated heterocycles. The van der Waals surface area contributed by atoms with Crippen LogP contribution in [0, 0.1) is 0 Å². The molecule has 0 aromatic heterocycles. The van der Waals surface area contributed by atoms with Crippen LogP contribution in [-0.4, -0.2) is 59.8 Å². The van der Waals surface area contributed by atoms with Gasteiger partial charge in [-0.15, -0.1) is 0 Å². The molecule has 1 aliphatic heterocycles. The number of hydrogen-bond acceptors (Lipinski definition) is 8. The van der Waals surface area contributed by atoms with Crippen LogP contribution in [0.5, 0.6) is 17.2 Å². The summed E-state index contributed by atoms with van der Waals surface area (Å²) in [6.07, 6.45) is -0.797. The average Bonchev–Trinajstić information content (AvgIpc) is 3.09. The van der Waals surface area contributed by atoms with Gasteiger partial charge in [0.2, 0.25) is 0 Å². The first kappa shape index (κ1) is 24.7. The molecule has 33 heavy (non-hydrogen) atoms. The number of ketones is 1. The van der Waals surface area contributed by atoms with Gasteiger partial charge in [-0.3, -0.25) is 4.79 Å². The second kappa shape index (κ2) is 9.15. The van der Waals surface area contributed by atoms with E-state index in [0.29, 0.717) is 5.56 Å². The fourth-order valence-corrected chi connectivity index (χ4v) is 3.77. The number of benzene rings is 2. The Morgan fingerprint density at radius 2 is 1.73 bits per heavy atom. The Labute approximate surface area is 192 Å². The maximum absolute atomic E-state index is 12.6. The van der Waals surface area contributed by atoms with Gasteiger partial charge in [-0.25, -0.2) is 0 Å². The van der Waals surface area contributed by atoms with E-state index < -0.39 is 41.0 Å². The third-order valence-electron chi connectivity index (χ3n) is 5.95. The molecule has 0 aliphatic carbocycles. The van der Waals surface area contributed by atoms with Crippen molar-refractivity contribution in [1.29, 1.82) is 0 Å². The van der Waals surface area contributed by atoms with E-state index in [2.05, 4.69) is 0 Å². The lowest BCUT2D eigenvalue weighted by Crippen LogP contribution is -2.46. The molecule has 0 bridgehead atoms. The number of aliphatic hydroxyl groups is 4. The minimum atomic E-state index is -1.60. The van der Waals surface area contributed by atoms with Crippen LogP contribution in [0.4, 0.5) is 0 Å². The molecule has 4 atom stereocenters. The smallest absolute Gasteiger partial charge is 0.189 e. The first-order valence-corrected chi connectivity index (χ1v) is 10.7. The number of allylic oxidation sites excluding steroid dienone is 1. The summed E-state index contributed by atoms with van der Waals surface area (Å²) < 4.78 is 5.70. The zero-order valence-corrected chi connectivity index (χ0v) is 18.8. The number of aliphatic hydroxyl groups excluding tert-OH is 2. The van der Waals surface area contributed by atoms with Gasteiger partial charge >= 0.3 is 0 Å². The van der Waals surface area contributed by atoms with Crippen LogP contribution >= 0.6 is 0 Å². The predicted molar refractivity (Wildman–Crippen MR) is 121 cm³/mol. The van der Waals surface area contributed by atoms with Gasteiger partial charge in [0.05, 0.1) is 22.8 Å². The molecule has 2 aromatic rings. The number of aromatic hydroxyl groups is 2. The van der Waals surface area contributed by atoms with Crippen molar-refractivity contribution in [3.8, 4) is 17.2 Å². The molecular formula is C25H30O8. The van der Waals surface area contributed by atoms with E-state index in [4.69, 9.17) is 4.74 Å². The number of hydrogen-bond donors (Lipinski definition) is 6. The molecule has 0 saturated carbocycles. The molecule has 0 unspecified atom stereocenters. The van der Waals surface area contributed by atoms with Crippen molar-refractivity contribution in [1.82, 2.24) is 0 Å². The lowest BCUT2D eigenvalue weighted by Gasteiger charge is -2.33. The highest BCUT2D eigenvalue weighted by Crippen LogP contribution is 2.47. The standard InChI is InChI=1S/C25H30O8/c1-24(2,31)19(28)12-13-25(3,32)23-22(30)20-18(33-23)11-9-16(21(20)29)17(27)10-6-14-4-7-15(26)8-5-14/h4-11,19,22-23,26,28-32H,12-13H2,1-3H3/b10-6+/t19-,22+,23+,25+/m1/s1. The highest BCUT2D eigenvalue weighted by molar-refractivity contribution is 6.09. The largest absolute Gasteiger partial charge is 0.508 e. The third-order valence-corrected chi connectivity index (χ3v) is 5.95. The second-order valence-corrected chi connectivity index (χ2v) is 9.21. The molecule has 0 fully saturated rings. The van der Waals surface area contributed by atoms with E-state index >= 15 is 0 Å². The van der Waals surface area contributed by atoms with E-state index in [1.54, 1.807) is 12.1 Å². The fourth-order valence-electron chi connectivity index (χ4n) is 3.77. The molecule has 0 spiro atoms. The van der Waals surface area contributed by atoms with E-state index in [9.17, 15) is 35.4 Å². The Morgan fingerprint density at radius 3 is 2.33 bits per heavy atom. The van der Waals surface area contributed by atoms with Gasteiger partial charge in [0.1, 0.15) is 29.0 Å². The molecule has 6 N–H and O–H groups in total. The van der Waals surface area contributed by atoms with Gasteiger partial charge < -0.3 is 35.4 Å². The number of phenols is 2. The Hall–Kier alpha value is -2.91. The maximum Gasteiger partial charge on any atom is 0.189 e. The summed E-state index contributed by atoms with van der Waals surface area (Å²) in [5.41, 5.74) is -2.30. The molecule has 178 valence electrons. The summed E-state index contributed by atoms with van der Waals surface area (Å²) in [5.74, 6) is -0.689. The molecule has 1 heterocycles. The summed E-state index contributed by atoms with van der Waals surface area (Å²) in [6.45, 7) is 4.35. The summed E-state index contributed by atoms with van der Waals surface area (Å²) >= 11 is 0. The Kier molecular flexibility index (Phi) is 6.85. The van der Waals surface area contributed by atoms with Crippen molar-refractivity contribution >= 4 is 11.9 Å². The summed E-state index contributed by atoms with van der Waals surface area (Å²) in [6, 6.07) is 9.04. The van der Waals surface area contributed by atoms with Crippen LogP contribution in [0.3, 0.4) is 0 Å². The van der Waals surface area contributed by atoms with Crippen molar-refractivity contribution in [2.24, 2.45) is 0 Å². The normalized spacial score (nSPS) is 20.8. The highest BCUT2D eigenvalue weighted by atomic mass is 16.5. The first-order chi connectivity index (χ1) is 15.3. The van der Waals surface area contributed by atoms with Crippen molar-refractivity contribution in [2.45, 2.75) is 63.1 Å². The van der Waals surface area contributed by atoms with Gasteiger partial charge in [-0.05, 0) is 69.5 Å². The number of fused-ring (bicyclic) bond motifs is 1. The van der Waals surface area contributed by atoms with E-state index in [-0.39, 0.29) is 35.5 Å². The second-order valence-electron chi connectivity index (χ2n) is 9.21. The van der Waals surface area contributed by atoms with Crippen LogP contribution in [0.25, 0.3) is 6.08 Å². The lowest BCUT2D eigenvalue weighted by molar-refractivity contribution is -0.108. The Balaban J connectivity index is 1.78. The molecule has 3 rings (SSSR count). The topological polar surface area (TPSA) is 148 Å². The maximum atomic E-state index is 12.6. The average molecular weight is 459 g/mol. The fraction of sp³-hybridized carbons (Fsp3) is 0.400. The highest BCUT2D eigenvalue weighted by Gasteiger charge is 2.47. The summed E-state index contributed by atoms with van der Waals surface area (Å²) in [5, 5.41) is 61.7. The molecule has 0 amide bonds. The molecule has 0 radical (unpaired) electrons. The van der Waals surface area contributed by atoms with Crippen LogP contribution < -0.4 is 4.74 Å². The van der Waals surface area contributed by atoms with E-state index in [1.165, 1.54) is 57.2 Å². The SMILES string of the molecule is CC(C)(O)[C@H](O)CC[C@](C)(O)[C@H]1Oc2ccc(C(=O)/C=C/c3ccc(O)cc3)c(O)c2[C@@H]1O. The van der Waals surface area contributed by atoms with Crippen LogP contribution in [0.2, 0.25) is 0 Å². The van der Waals surface area contributed by atoms with Gasteiger partial charge in [0.15, 0.2) is 11.9 Å². The third kappa shape index (κ3) is 5.36.